The summed E-state index contributed by atoms with van der Waals surface area (Å²) in [5.41, 5.74) is 2.95. The third-order valence-electron chi connectivity index (χ3n) is 3.55. The van der Waals surface area contributed by atoms with Crippen molar-refractivity contribution in [1.29, 1.82) is 0 Å². The van der Waals surface area contributed by atoms with E-state index in [-0.39, 0.29) is 17.7 Å². The van der Waals surface area contributed by atoms with E-state index in [0.29, 0.717) is 5.69 Å². The van der Waals surface area contributed by atoms with Crippen molar-refractivity contribution < 1.29 is 9.90 Å². The van der Waals surface area contributed by atoms with Crippen LogP contribution in [0.3, 0.4) is 0 Å². The highest BCUT2D eigenvalue weighted by Gasteiger charge is 2.36. The Kier molecular flexibility index (Phi) is 2.58. The molecule has 0 aliphatic carbocycles. The van der Waals surface area contributed by atoms with Gasteiger partial charge in [0.05, 0.1) is 16.6 Å². The van der Waals surface area contributed by atoms with Crippen LogP contribution >= 0.6 is 11.3 Å². The van der Waals surface area contributed by atoms with Gasteiger partial charge in [-0.2, -0.15) is 5.10 Å². The van der Waals surface area contributed by atoms with Gasteiger partial charge in [0.25, 0.3) is 5.91 Å². The molecule has 0 saturated carbocycles. The summed E-state index contributed by atoms with van der Waals surface area (Å²) in [4.78, 5) is 13.1. The van der Waals surface area contributed by atoms with Crippen molar-refractivity contribution in [2.75, 3.05) is 0 Å². The second-order valence-corrected chi connectivity index (χ2v) is 5.79. The van der Waals surface area contributed by atoms with E-state index in [1.165, 1.54) is 0 Å². The van der Waals surface area contributed by atoms with Crippen LogP contribution in [0.15, 0.2) is 41.8 Å². The first kappa shape index (κ1) is 12.2. The summed E-state index contributed by atoms with van der Waals surface area (Å²) in [6, 6.07) is 10.6. The predicted octanol–water partition coefficient (Wildman–Crippen LogP) is 2.68. The Balaban J connectivity index is 1.88. The molecule has 0 saturated heterocycles. The summed E-state index contributed by atoms with van der Waals surface area (Å²) in [5.74, 6) is -0.0197. The molecule has 1 aromatic carbocycles. The molecule has 21 heavy (non-hydrogen) atoms. The van der Waals surface area contributed by atoms with E-state index in [1.807, 2.05) is 23.6 Å². The van der Waals surface area contributed by atoms with Gasteiger partial charge in [0, 0.05) is 5.56 Å². The maximum absolute atomic E-state index is 12.1. The fraction of sp³-hybridized carbons (Fsp3) is 0.0667. The number of amides is 1. The van der Waals surface area contributed by atoms with Crippen molar-refractivity contribution in [1.82, 2.24) is 15.5 Å². The molecule has 0 unspecified atom stereocenters. The minimum Gasteiger partial charge on any atom is -0.508 e. The van der Waals surface area contributed by atoms with Gasteiger partial charge in [-0.15, -0.1) is 11.3 Å². The molecular formula is C15H11N3O2S. The lowest BCUT2D eigenvalue weighted by molar-refractivity contribution is 0.0955. The zero-order valence-electron chi connectivity index (χ0n) is 10.8. The first-order valence-corrected chi connectivity index (χ1v) is 7.34. The highest BCUT2D eigenvalue weighted by atomic mass is 32.1. The zero-order valence-corrected chi connectivity index (χ0v) is 11.6. The lowest BCUT2D eigenvalue weighted by Crippen LogP contribution is -2.21. The number of fused-ring (bicyclic) bond motifs is 1. The molecule has 0 fully saturated rings. The number of carbonyl (C=O) groups excluding carboxylic acids is 1. The average molecular weight is 297 g/mol. The van der Waals surface area contributed by atoms with Crippen molar-refractivity contribution >= 4 is 17.2 Å². The van der Waals surface area contributed by atoms with Crippen LogP contribution in [0.2, 0.25) is 0 Å². The SMILES string of the molecule is O=C1N[C@H](c2cccc(O)c2)c2c1n[nH]c2-c1cccs1. The minimum absolute atomic E-state index is 0.177. The topological polar surface area (TPSA) is 78.0 Å². The number of nitrogens with zero attached hydrogens (tertiary/aromatic N) is 1. The zero-order chi connectivity index (χ0) is 14.4. The van der Waals surface area contributed by atoms with Gasteiger partial charge < -0.3 is 10.4 Å². The molecule has 3 N–H and O–H groups in total. The van der Waals surface area contributed by atoms with Crippen LogP contribution < -0.4 is 5.32 Å². The summed E-state index contributed by atoms with van der Waals surface area (Å²) >= 11 is 1.59. The third-order valence-corrected chi connectivity index (χ3v) is 4.44. The highest BCUT2D eigenvalue weighted by molar-refractivity contribution is 7.13. The van der Waals surface area contributed by atoms with Crippen LogP contribution in [0.5, 0.6) is 5.75 Å². The number of nitrogens with one attached hydrogen (secondary N) is 2. The Labute approximate surface area is 124 Å². The molecule has 0 radical (unpaired) electrons. The van der Waals surface area contributed by atoms with E-state index in [1.54, 1.807) is 29.5 Å². The first-order chi connectivity index (χ1) is 10.2. The summed E-state index contributed by atoms with van der Waals surface area (Å²) in [6.45, 7) is 0. The smallest absolute Gasteiger partial charge is 0.272 e. The van der Waals surface area contributed by atoms with Crippen molar-refractivity contribution in [2.24, 2.45) is 0 Å². The maximum atomic E-state index is 12.1. The quantitative estimate of drug-likeness (QED) is 0.680. The summed E-state index contributed by atoms with van der Waals surface area (Å²) in [5, 5.41) is 21.7. The van der Waals surface area contributed by atoms with E-state index in [0.717, 1.165) is 21.7 Å². The molecular weight excluding hydrogens is 286 g/mol. The van der Waals surface area contributed by atoms with Gasteiger partial charge >= 0.3 is 0 Å². The molecule has 6 heteroatoms. The fourth-order valence-corrected chi connectivity index (χ4v) is 3.37. The first-order valence-electron chi connectivity index (χ1n) is 6.46. The van der Waals surface area contributed by atoms with E-state index in [2.05, 4.69) is 15.5 Å². The Morgan fingerprint density at radius 3 is 2.90 bits per heavy atom. The normalized spacial score (nSPS) is 16.8. The number of hydrogen-bond donors (Lipinski definition) is 3. The highest BCUT2D eigenvalue weighted by Crippen LogP contribution is 2.38. The lowest BCUT2D eigenvalue weighted by Gasteiger charge is -2.13. The standard InChI is InChI=1S/C15H11N3O2S/c19-9-4-1-3-8(7-9)12-11-13(10-5-2-6-21-10)17-18-14(11)15(20)16-12/h1-7,12,19H,(H,16,20)(H,17,18)/t12-/m1/s1. The van der Waals surface area contributed by atoms with Crippen molar-refractivity contribution in [3.05, 3.63) is 58.6 Å². The molecule has 1 atom stereocenters. The Morgan fingerprint density at radius 1 is 1.24 bits per heavy atom. The number of aromatic hydroxyl groups is 1. The second-order valence-electron chi connectivity index (χ2n) is 4.84. The number of aromatic nitrogens is 2. The van der Waals surface area contributed by atoms with Gasteiger partial charge in [-0.05, 0) is 29.1 Å². The second kappa shape index (κ2) is 4.46. The van der Waals surface area contributed by atoms with Crippen LogP contribution in [-0.2, 0) is 0 Å². The van der Waals surface area contributed by atoms with Crippen molar-refractivity contribution in [3.63, 3.8) is 0 Å². The van der Waals surface area contributed by atoms with Gasteiger partial charge in [-0.25, -0.2) is 0 Å². The molecule has 4 rings (SSSR count). The van der Waals surface area contributed by atoms with Crippen LogP contribution in [0, 0.1) is 0 Å². The average Bonchev–Trinajstić information content (AvgIpc) is 3.16. The van der Waals surface area contributed by atoms with Gasteiger partial charge in [-0.1, -0.05) is 18.2 Å². The number of benzene rings is 1. The summed E-state index contributed by atoms with van der Waals surface area (Å²) in [7, 11) is 0. The predicted molar refractivity (Wildman–Crippen MR) is 79.3 cm³/mol. The van der Waals surface area contributed by atoms with Gasteiger partial charge in [0.15, 0.2) is 5.69 Å². The molecule has 3 aromatic rings. The van der Waals surface area contributed by atoms with Gasteiger partial charge in [0.1, 0.15) is 5.75 Å². The molecule has 1 aliphatic heterocycles. The number of hydrogen-bond acceptors (Lipinski definition) is 4. The fourth-order valence-electron chi connectivity index (χ4n) is 2.64. The number of carbonyl (C=O) groups is 1. The molecule has 1 aliphatic rings. The molecule has 104 valence electrons. The summed E-state index contributed by atoms with van der Waals surface area (Å²) < 4.78 is 0. The van der Waals surface area contributed by atoms with Crippen LogP contribution in [0.4, 0.5) is 0 Å². The molecule has 5 nitrogen and oxygen atoms in total. The molecule has 0 spiro atoms. The number of H-pyrrole nitrogens is 1. The minimum atomic E-state index is -0.296. The van der Waals surface area contributed by atoms with Crippen LogP contribution in [0.25, 0.3) is 10.6 Å². The van der Waals surface area contributed by atoms with Crippen molar-refractivity contribution in [3.8, 4) is 16.3 Å². The van der Waals surface area contributed by atoms with Crippen molar-refractivity contribution in [2.45, 2.75) is 6.04 Å². The van der Waals surface area contributed by atoms with Crippen LogP contribution in [0.1, 0.15) is 27.7 Å². The Bertz CT molecular complexity index is 823. The third kappa shape index (κ3) is 1.84. The van der Waals surface area contributed by atoms with E-state index in [9.17, 15) is 9.90 Å². The van der Waals surface area contributed by atoms with Gasteiger partial charge in [-0.3, -0.25) is 9.89 Å². The number of phenols is 1. The lowest BCUT2D eigenvalue weighted by atomic mass is 9.99. The molecule has 1 amide bonds. The molecule has 2 aromatic heterocycles. The number of thiophene rings is 1. The Hall–Kier alpha value is -2.60. The summed E-state index contributed by atoms with van der Waals surface area (Å²) in [6.07, 6.45) is 0. The van der Waals surface area contributed by atoms with E-state index >= 15 is 0 Å². The Morgan fingerprint density at radius 2 is 2.14 bits per heavy atom. The number of phenolic OH excluding ortho intramolecular Hbond substituents is 1. The number of rotatable bonds is 2. The van der Waals surface area contributed by atoms with E-state index < -0.39 is 0 Å². The molecule has 3 heterocycles. The monoisotopic (exact) mass is 297 g/mol. The molecule has 0 bridgehead atoms. The van der Waals surface area contributed by atoms with E-state index in [4.69, 9.17) is 0 Å². The number of aromatic amines is 1. The van der Waals surface area contributed by atoms with Gasteiger partial charge in [0.2, 0.25) is 0 Å². The maximum Gasteiger partial charge on any atom is 0.272 e. The largest absolute Gasteiger partial charge is 0.508 e. The van der Waals surface area contributed by atoms with Crippen LogP contribution in [-0.4, -0.2) is 21.2 Å².